The summed E-state index contributed by atoms with van der Waals surface area (Å²) < 4.78 is 0. The van der Waals surface area contributed by atoms with E-state index >= 15 is 0 Å². The summed E-state index contributed by atoms with van der Waals surface area (Å²) in [6.07, 6.45) is 0. The van der Waals surface area contributed by atoms with E-state index in [-0.39, 0.29) is 11.9 Å². The van der Waals surface area contributed by atoms with Crippen LogP contribution in [0.2, 0.25) is 0 Å². The van der Waals surface area contributed by atoms with Gasteiger partial charge < -0.3 is 10.3 Å². The zero-order valence-electron chi connectivity index (χ0n) is 14.4. The minimum atomic E-state index is -0.0385. The fourth-order valence-electron chi connectivity index (χ4n) is 2.98. The zero-order chi connectivity index (χ0) is 17.9. The van der Waals surface area contributed by atoms with Gasteiger partial charge in [-0.1, -0.05) is 60.3 Å². The Morgan fingerprint density at radius 2 is 1.85 bits per heavy atom. The number of amides is 1. The lowest BCUT2D eigenvalue weighted by atomic mass is 10.0. The summed E-state index contributed by atoms with van der Waals surface area (Å²) in [6, 6.07) is 22.3. The van der Waals surface area contributed by atoms with Crippen molar-refractivity contribution in [2.45, 2.75) is 18.1 Å². The van der Waals surface area contributed by atoms with Crippen LogP contribution in [-0.2, 0) is 4.79 Å². The average molecular weight is 361 g/mol. The van der Waals surface area contributed by atoms with Crippen molar-refractivity contribution in [3.8, 4) is 0 Å². The summed E-state index contributed by atoms with van der Waals surface area (Å²) in [6.45, 7) is 2.01. The number of nitrogens with one attached hydrogen (secondary N) is 2. The maximum Gasteiger partial charge on any atom is 0.230 e. The van der Waals surface area contributed by atoms with Crippen molar-refractivity contribution >= 4 is 39.5 Å². The number of hydrogen-bond acceptors (Lipinski definition) is 3. The first kappa shape index (κ1) is 16.7. The lowest BCUT2D eigenvalue weighted by Gasteiger charge is -2.14. The topological polar surface area (TPSA) is 57.8 Å². The minimum Gasteiger partial charge on any atom is -0.349 e. The van der Waals surface area contributed by atoms with Gasteiger partial charge >= 0.3 is 0 Å². The molecule has 0 unspecified atom stereocenters. The number of imidazole rings is 1. The third-order valence-electron chi connectivity index (χ3n) is 4.36. The van der Waals surface area contributed by atoms with Crippen molar-refractivity contribution in [1.29, 1.82) is 0 Å². The number of rotatable bonds is 5. The lowest BCUT2D eigenvalue weighted by molar-refractivity contribution is -0.119. The molecule has 1 heterocycles. The van der Waals surface area contributed by atoms with Gasteiger partial charge in [-0.3, -0.25) is 4.79 Å². The van der Waals surface area contributed by atoms with E-state index in [1.807, 2.05) is 43.3 Å². The molecule has 0 saturated carbocycles. The Bertz CT molecular complexity index is 1040. The fraction of sp³-hybridized carbons (Fsp3) is 0.143. The van der Waals surface area contributed by atoms with E-state index in [2.05, 4.69) is 45.6 Å². The number of fused-ring (bicyclic) bond motifs is 2. The van der Waals surface area contributed by atoms with Gasteiger partial charge in [0.1, 0.15) is 0 Å². The van der Waals surface area contributed by atoms with Gasteiger partial charge in [-0.2, -0.15) is 0 Å². The second-order valence-corrected chi connectivity index (χ2v) is 7.21. The molecule has 4 rings (SSSR count). The van der Waals surface area contributed by atoms with Gasteiger partial charge in [-0.05, 0) is 41.5 Å². The molecule has 130 valence electrons. The quantitative estimate of drug-likeness (QED) is 0.507. The summed E-state index contributed by atoms with van der Waals surface area (Å²) in [5.74, 6) is 0.327. The molecule has 0 aliphatic carbocycles. The van der Waals surface area contributed by atoms with Gasteiger partial charge in [-0.15, -0.1) is 0 Å². The van der Waals surface area contributed by atoms with Crippen molar-refractivity contribution in [2.75, 3.05) is 5.75 Å². The molecular formula is C21H19N3OS. The number of thioether (sulfide) groups is 1. The molecule has 1 atom stereocenters. The highest BCUT2D eigenvalue weighted by atomic mass is 32.2. The average Bonchev–Trinajstić information content (AvgIpc) is 3.09. The largest absolute Gasteiger partial charge is 0.349 e. The van der Waals surface area contributed by atoms with Crippen LogP contribution >= 0.6 is 11.8 Å². The summed E-state index contributed by atoms with van der Waals surface area (Å²) >= 11 is 1.42. The van der Waals surface area contributed by atoms with Crippen LogP contribution in [0.15, 0.2) is 71.9 Å². The zero-order valence-corrected chi connectivity index (χ0v) is 15.2. The lowest BCUT2D eigenvalue weighted by Crippen LogP contribution is -2.28. The first-order valence-electron chi connectivity index (χ1n) is 8.55. The number of hydrogen-bond donors (Lipinski definition) is 2. The highest BCUT2D eigenvalue weighted by molar-refractivity contribution is 7.99. The van der Waals surface area contributed by atoms with Crippen LogP contribution < -0.4 is 5.32 Å². The van der Waals surface area contributed by atoms with Crippen molar-refractivity contribution < 1.29 is 4.79 Å². The molecule has 0 spiro atoms. The molecule has 5 heteroatoms. The van der Waals surface area contributed by atoms with Crippen molar-refractivity contribution in [3.05, 3.63) is 72.3 Å². The monoisotopic (exact) mass is 361 g/mol. The van der Waals surface area contributed by atoms with Crippen LogP contribution in [-0.4, -0.2) is 21.6 Å². The van der Waals surface area contributed by atoms with Gasteiger partial charge in [-0.25, -0.2) is 4.98 Å². The van der Waals surface area contributed by atoms with E-state index in [0.717, 1.165) is 21.8 Å². The molecule has 0 aliphatic heterocycles. The third-order valence-corrected chi connectivity index (χ3v) is 5.23. The van der Waals surface area contributed by atoms with E-state index in [9.17, 15) is 4.79 Å². The Morgan fingerprint density at radius 3 is 2.69 bits per heavy atom. The molecule has 0 bridgehead atoms. The Kier molecular flexibility index (Phi) is 4.63. The van der Waals surface area contributed by atoms with E-state index < -0.39 is 0 Å². The number of H-pyrrole nitrogens is 1. The van der Waals surface area contributed by atoms with E-state index in [1.54, 1.807) is 0 Å². The summed E-state index contributed by atoms with van der Waals surface area (Å²) in [7, 11) is 0. The van der Waals surface area contributed by atoms with Crippen LogP contribution in [0.4, 0.5) is 0 Å². The van der Waals surface area contributed by atoms with Gasteiger partial charge in [0.2, 0.25) is 5.91 Å². The Labute approximate surface area is 156 Å². The normalized spacial score (nSPS) is 12.3. The smallest absolute Gasteiger partial charge is 0.230 e. The molecular weight excluding hydrogens is 342 g/mol. The predicted molar refractivity (Wildman–Crippen MR) is 107 cm³/mol. The fourth-order valence-corrected chi connectivity index (χ4v) is 3.67. The van der Waals surface area contributed by atoms with Crippen molar-refractivity contribution in [2.24, 2.45) is 0 Å². The number of carbonyl (C=O) groups excluding carboxylic acids is 1. The van der Waals surface area contributed by atoms with Gasteiger partial charge in [0, 0.05) is 0 Å². The molecule has 4 nitrogen and oxygen atoms in total. The molecule has 26 heavy (non-hydrogen) atoms. The molecule has 1 aromatic heterocycles. The van der Waals surface area contributed by atoms with Crippen LogP contribution in [0.3, 0.4) is 0 Å². The number of benzene rings is 3. The second-order valence-electron chi connectivity index (χ2n) is 6.24. The maximum atomic E-state index is 12.3. The number of aromatic nitrogens is 2. The SMILES string of the molecule is C[C@@H](NC(=O)CSc1nc2ccccc2[nH]1)c1ccc2ccccc2c1. The number of carbonyl (C=O) groups is 1. The molecule has 0 aliphatic rings. The van der Waals surface area contributed by atoms with Crippen LogP contribution in [0, 0.1) is 0 Å². The van der Waals surface area contributed by atoms with Gasteiger partial charge in [0.15, 0.2) is 5.16 Å². The minimum absolute atomic E-state index is 0.00360. The number of para-hydroxylation sites is 2. The highest BCUT2D eigenvalue weighted by Crippen LogP contribution is 2.22. The highest BCUT2D eigenvalue weighted by Gasteiger charge is 2.12. The molecule has 1 amide bonds. The summed E-state index contributed by atoms with van der Waals surface area (Å²) in [5.41, 5.74) is 3.01. The molecule has 4 aromatic rings. The standard InChI is InChI=1S/C21H19N3OS/c1-14(16-11-10-15-6-2-3-7-17(15)12-16)22-20(25)13-26-21-23-18-8-4-5-9-19(18)24-21/h2-12,14H,13H2,1H3,(H,22,25)(H,23,24)/t14-/m1/s1. The summed E-state index contributed by atoms with van der Waals surface area (Å²) in [4.78, 5) is 20.0. The van der Waals surface area contributed by atoms with Gasteiger partial charge in [0.25, 0.3) is 0 Å². The first-order valence-corrected chi connectivity index (χ1v) is 9.53. The third kappa shape index (κ3) is 3.58. The second kappa shape index (κ2) is 7.22. The number of nitrogens with zero attached hydrogens (tertiary/aromatic N) is 1. The molecule has 3 aromatic carbocycles. The molecule has 2 N–H and O–H groups in total. The van der Waals surface area contributed by atoms with E-state index in [4.69, 9.17) is 0 Å². The van der Waals surface area contributed by atoms with Crippen molar-refractivity contribution in [1.82, 2.24) is 15.3 Å². The van der Waals surface area contributed by atoms with Crippen molar-refractivity contribution in [3.63, 3.8) is 0 Å². The first-order chi connectivity index (χ1) is 12.7. The van der Waals surface area contributed by atoms with Crippen LogP contribution in [0.5, 0.6) is 0 Å². The van der Waals surface area contributed by atoms with Crippen LogP contribution in [0.25, 0.3) is 21.8 Å². The van der Waals surface area contributed by atoms with E-state index in [0.29, 0.717) is 5.75 Å². The summed E-state index contributed by atoms with van der Waals surface area (Å²) in [5, 5.41) is 6.21. The van der Waals surface area contributed by atoms with Gasteiger partial charge in [0.05, 0.1) is 22.8 Å². The Hall–Kier alpha value is -2.79. The van der Waals surface area contributed by atoms with Crippen LogP contribution in [0.1, 0.15) is 18.5 Å². The molecule has 0 fully saturated rings. The molecule has 0 saturated heterocycles. The molecule has 0 radical (unpaired) electrons. The van der Waals surface area contributed by atoms with E-state index in [1.165, 1.54) is 22.5 Å². The maximum absolute atomic E-state index is 12.3. The number of aromatic amines is 1. The predicted octanol–water partition coefficient (Wildman–Crippen LogP) is 4.69. The Morgan fingerprint density at radius 1 is 1.08 bits per heavy atom. The Balaban J connectivity index is 1.38.